The van der Waals surface area contributed by atoms with Gasteiger partial charge in [0.05, 0.1) is 17.0 Å². The van der Waals surface area contributed by atoms with Crippen LogP contribution in [0.2, 0.25) is 0 Å². The molecule has 0 bridgehead atoms. The molecule has 0 N–H and O–H groups in total. The molecule has 0 atom stereocenters. The molecule has 19 heavy (non-hydrogen) atoms. The number of benzene rings is 1. The van der Waals surface area contributed by atoms with Crippen molar-refractivity contribution >= 4 is 11.3 Å². The molecule has 0 aliphatic rings. The second-order valence-corrected chi connectivity index (χ2v) is 5.51. The maximum absolute atomic E-state index is 14.1. The zero-order valence-electron chi connectivity index (χ0n) is 11.3. The quantitative estimate of drug-likeness (QED) is 0.716. The standard InChI is InChI=1S/C15H18FNOS/c1-3-4-5-9-14-17-10-13(19-14)11-7-6-8-12(18-2)15(11)16/h6-8,10H,3-5,9H2,1-2H3. The van der Waals surface area contributed by atoms with E-state index in [4.69, 9.17) is 4.74 Å². The number of ether oxygens (including phenoxy) is 1. The predicted molar refractivity (Wildman–Crippen MR) is 77.3 cm³/mol. The van der Waals surface area contributed by atoms with Crippen molar-refractivity contribution < 1.29 is 9.13 Å². The van der Waals surface area contributed by atoms with E-state index in [9.17, 15) is 4.39 Å². The van der Waals surface area contributed by atoms with E-state index in [0.29, 0.717) is 5.56 Å². The van der Waals surface area contributed by atoms with E-state index in [1.165, 1.54) is 20.0 Å². The van der Waals surface area contributed by atoms with Crippen LogP contribution in [0.3, 0.4) is 0 Å². The van der Waals surface area contributed by atoms with Crippen molar-refractivity contribution in [2.24, 2.45) is 0 Å². The number of halogens is 1. The van der Waals surface area contributed by atoms with Gasteiger partial charge in [-0.3, -0.25) is 0 Å². The van der Waals surface area contributed by atoms with Gasteiger partial charge in [0.2, 0.25) is 0 Å². The fraction of sp³-hybridized carbons (Fsp3) is 0.400. The van der Waals surface area contributed by atoms with Crippen LogP contribution in [0.5, 0.6) is 5.75 Å². The summed E-state index contributed by atoms with van der Waals surface area (Å²) >= 11 is 1.56. The topological polar surface area (TPSA) is 22.1 Å². The van der Waals surface area contributed by atoms with Gasteiger partial charge >= 0.3 is 0 Å². The first kappa shape index (κ1) is 14.0. The molecule has 0 fully saturated rings. The van der Waals surface area contributed by atoms with Crippen LogP contribution in [-0.2, 0) is 6.42 Å². The van der Waals surface area contributed by atoms with Crippen LogP contribution in [0, 0.1) is 5.82 Å². The summed E-state index contributed by atoms with van der Waals surface area (Å²) in [7, 11) is 1.48. The summed E-state index contributed by atoms with van der Waals surface area (Å²) in [6.45, 7) is 2.18. The minimum atomic E-state index is -0.311. The maximum atomic E-state index is 14.1. The number of aryl methyl sites for hydroxylation is 1. The molecule has 2 aromatic rings. The number of thiazole rings is 1. The summed E-state index contributed by atoms with van der Waals surface area (Å²) < 4.78 is 19.1. The van der Waals surface area contributed by atoms with Crippen molar-refractivity contribution in [2.75, 3.05) is 7.11 Å². The van der Waals surface area contributed by atoms with Crippen LogP contribution in [0.4, 0.5) is 4.39 Å². The predicted octanol–water partition coefficient (Wildman–Crippen LogP) is 4.69. The molecular weight excluding hydrogens is 261 g/mol. The highest BCUT2D eigenvalue weighted by molar-refractivity contribution is 7.15. The van der Waals surface area contributed by atoms with Gasteiger partial charge < -0.3 is 4.74 Å². The number of rotatable bonds is 6. The van der Waals surface area contributed by atoms with E-state index in [-0.39, 0.29) is 11.6 Å². The van der Waals surface area contributed by atoms with Gasteiger partial charge in [0.1, 0.15) is 0 Å². The average molecular weight is 279 g/mol. The van der Waals surface area contributed by atoms with Gasteiger partial charge in [-0.2, -0.15) is 0 Å². The Morgan fingerprint density at radius 1 is 1.32 bits per heavy atom. The van der Waals surface area contributed by atoms with E-state index in [2.05, 4.69) is 11.9 Å². The number of hydrogen-bond acceptors (Lipinski definition) is 3. The smallest absolute Gasteiger partial charge is 0.173 e. The Bertz CT molecular complexity index is 539. The Kier molecular flexibility index (Phi) is 4.91. The Hall–Kier alpha value is -1.42. The summed E-state index contributed by atoms with van der Waals surface area (Å²) in [5.74, 6) is -0.0350. The lowest BCUT2D eigenvalue weighted by atomic mass is 10.2. The van der Waals surface area contributed by atoms with E-state index in [1.807, 2.05) is 0 Å². The molecule has 0 saturated carbocycles. The lowest BCUT2D eigenvalue weighted by Gasteiger charge is -2.04. The first-order chi connectivity index (χ1) is 9.26. The third-order valence-electron chi connectivity index (χ3n) is 3.00. The molecule has 1 aromatic carbocycles. The van der Waals surface area contributed by atoms with Crippen LogP contribution in [0.1, 0.15) is 31.2 Å². The van der Waals surface area contributed by atoms with Crippen LogP contribution in [0.15, 0.2) is 24.4 Å². The summed E-state index contributed by atoms with van der Waals surface area (Å²) in [5, 5.41) is 1.07. The first-order valence-electron chi connectivity index (χ1n) is 6.53. The van der Waals surface area contributed by atoms with E-state index >= 15 is 0 Å². The Labute approximate surface area is 117 Å². The Morgan fingerprint density at radius 3 is 2.89 bits per heavy atom. The van der Waals surface area contributed by atoms with Crippen molar-refractivity contribution in [1.29, 1.82) is 0 Å². The average Bonchev–Trinajstić information content (AvgIpc) is 2.88. The van der Waals surface area contributed by atoms with E-state index in [1.54, 1.807) is 35.7 Å². The third-order valence-corrected chi connectivity index (χ3v) is 4.09. The first-order valence-corrected chi connectivity index (χ1v) is 7.35. The molecule has 4 heteroatoms. The van der Waals surface area contributed by atoms with Crippen molar-refractivity contribution in [3.05, 3.63) is 35.2 Å². The molecule has 2 nitrogen and oxygen atoms in total. The molecule has 0 radical (unpaired) electrons. The highest BCUT2D eigenvalue weighted by atomic mass is 32.1. The fourth-order valence-corrected chi connectivity index (χ4v) is 2.91. The lowest BCUT2D eigenvalue weighted by molar-refractivity contribution is 0.387. The molecule has 0 saturated heterocycles. The van der Waals surface area contributed by atoms with Gasteiger partial charge in [0.15, 0.2) is 11.6 Å². The molecule has 0 aliphatic heterocycles. The lowest BCUT2D eigenvalue weighted by Crippen LogP contribution is -1.89. The van der Waals surface area contributed by atoms with Gasteiger partial charge in [0, 0.05) is 11.8 Å². The number of aromatic nitrogens is 1. The molecule has 1 heterocycles. The molecule has 0 unspecified atom stereocenters. The fourth-order valence-electron chi connectivity index (χ4n) is 1.94. The second kappa shape index (κ2) is 6.66. The second-order valence-electron chi connectivity index (χ2n) is 4.40. The van der Waals surface area contributed by atoms with Crippen LogP contribution in [-0.4, -0.2) is 12.1 Å². The molecule has 102 valence electrons. The largest absolute Gasteiger partial charge is 0.494 e. The van der Waals surface area contributed by atoms with Gasteiger partial charge in [-0.05, 0) is 18.9 Å². The highest BCUT2D eigenvalue weighted by Crippen LogP contribution is 2.32. The van der Waals surface area contributed by atoms with Crippen molar-refractivity contribution in [1.82, 2.24) is 4.98 Å². The molecular formula is C15H18FNOS. The zero-order chi connectivity index (χ0) is 13.7. The zero-order valence-corrected chi connectivity index (χ0v) is 12.1. The number of hydrogen-bond donors (Lipinski definition) is 0. The maximum Gasteiger partial charge on any atom is 0.173 e. The monoisotopic (exact) mass is 279 g/mol. The van der Waals surface area contributed by atoms with Crippen LogP contribution < -0.4 is 4.74 Å². The SMILES string of the molecule is CCCCCc1ncc(-c2cccc(OC)c2F)s1. The number of methoxy groups -OCH3 is 1. The summed E-state index contributed by atoms with van der Waals surface area (Å²) in [5.41, 5.74) is 0.568. The van der Waals surface area contributed by atoms with Gasteiger partial charge in [-0.15, -0.1) is 11.3 Å². The Morgan fingerprint density at radius 2 is 2.16 bits per heavy atom. The summed E-state index contributed by atoms with van der Waals surface area (Å²) in [6, 6.07) is 5.19. The van der Waals surface area contributed by atoms with Crippen molar-refractivity contribution in [3.63, 3.8) is 0 Å². The third kappa shape index (κ3) is 3.32. The Balaban J connectivity index is 2.18. The van der Waals surface area contributed by atoms with Crippen LogP contribution in [0.25, 0.3) is 10.4 Å². The normalized spacial score (nSPS) is 10.7. The van der Waals surface area contributed by atoms with E-state index in [0.717, 1.165) is 22.7 Å². The van der Waals surface area contributed by atoms with Crippen molar-refractivity contribution in [2.45, 2.75) is 32.6 Å². The minimum absolute atomic E-state index is 0.276. The molecule has 0 spiro atoms. The summed E-state index contributed by atoms with van der Waals surface area (Å²) in [4.78, 5) is 5.24. The van der Waals surface area contributed by atoms with E-state index < -0.39 is 0 Å². The van der Waals surface area contributed by atoms with Gasteiger partial charge in [-0.1, -0.05) is 31.9 Å². The van der Waals surface area contributed by atoms with Gasteiger partial charge in [-0.25, -0.2) is 9.37 Å². The summed E-state index contributed by atoms with van der Waals surface area (Å²) in [6.07, 6.45) is 6.28. The molecule has 2 rings (SSSR count). The number of unbranched alkanes of at least 4 members (excludes halogenated alkanes) is 2. The molecule has 0 amide bonds. The minimum Gasteiger partial charge on any atom is -0.494 e. The molecule has 0 aliphatic carbocycles. The van der Waals surface area contributed by atoms with Gasteiger partial charge in [0.25, 0.3) is 0 Å². The number of nitrogens with zero attached hydrogens (tertiary/aromatic N) is 1. The van der Waals surface area contributed by atoms with Crippen LogP contribution >= 0.6 is 11.3 Å². The highest BCUT2D eigenvalue weighted by Gasteiger charge is 2.12. The molecule has 1 aromatic heterocycles. The van der Waals surface area contributed by atoms with Crippen molar-refractivity contribution in [3.8, 4) is 16.2 Å².